The normalized spacial score (nSPS) is 30.0. The van der Waals surface area contributed by atoms with Gasteiger partial charge in [-0.15, -0.1) is 0 Å². The van der Waals surface area contributed by atoms with E-state index in [1.54, 1.807) is 11.8 Å². The third-order valence-electron chi connectivity index (χ3n) is 4.79. The summed E-state index contributed by atoms with van der Waals surface area (Å²) in [6, 6.07) is -0.402. The molecule has 0 aromatic rings. The van der Waals surface area contributed by atoms with E-state index in [2.05, 4.69) is 5.32 Å². The molecule has 2 aliphatic heterocycles. The van der Waals surface area contributed by atoms with Gasteiger partial charge in [0.2, 0.25) is 17.7 Å². The van der Waals surface area contributed by atoms with Crippen molar-refractivity contribution in [3.8, 4) is 0 Å². The highest BCUT2D eigenvalue weighted by atomic mass is 16.2. The Labute approximate surface area is 124 Å². The summed E-state index contributed by atoms with van der Waals surface area (Å²) in [5.41, 5.74) is 0. The Balaban J connectivity index is 1.63. The number of rotatable bonds is 2. The van der Waals surface area contributed by atoms with Crippen molar-refractivity contribution in [2.45, 2.75) is 38.6 Å². The second kappa shape index (κ2) is 5.66. The number of hydrogen-bond acceptors (Lipinski definition) is 3. The van der Waals surface area contributed by atoms with Crippen molar-refractivity contribution in [3.63, 3.8) is 0 Å². The number of nitrogens with one attached hydrogen (secondary N) is 1. The Morgan fingerprint density at radius 2 is 1.86 bits per heavy atom. The standard InChI is InChI=1S/C15H23N3O3/c1-10-13(19)16-6-8-18(10)15(21)12-3-2-7-17(9-12)14(20)11-4-5-11/h10-12H,2-9H2,1H3,(H,16,19). The lowest BCUT2D eigenvalue weighted by molar-refractivity contribution is -0.148. The van der Waals surface area contributed by atoms with Crippen molar-refractivity contribution in [3.05, 3.63) is 0 Å². The van der Waals surface area contributed by atoms with Crippen molar-refractivity contribution in [1.82, 2.24) is 15.1 Å². The number of piperazine rings is 1. The summed E-state index contributed by atoms with van der Waals surface area (Å²) in [4.78, 5) is 40.1. The predicted octanol–water partition coefficient (Wildman–Crippen LogP) is -0.0181. The van der Waals surface area contributed by atoms with Crippen LogP contribution in [0.1, 0.15) is 32.6 Å². The van der Waals surface area contributed by atoms with E-state index in [9.17, 15) is 14.4 Å². The summed E-state index contributed by atoms with van der Waals surface area (Å²) >= 11 is 0. The van der Waals surface area contributed by atoms with Crippen LogP contribution in [-0.4, -0.2) is 59.7 Å². The van der Waals surface area contributed by atoms with Crippen molar-refractivity contribution in [2.75, 3.05) is 26.2 Å². The number of nitrogens with zero attached hydrogens (tertiary/aromatic N) is 2. The van der Waals surface area contributed by atoms with Gasteiger partial charge < -0.3 is 15.1 Å². The molecule has 0 aromatic heterocycles. The van der Waals surface area contributed by atoms with Gasteiger partial charge in [0.25, 0.3) is 0 Å². The molecule has 3 fully saturated rings. The van der Waals surface area contributed by atoms with E-state index >= 15 is 0 Å². The molecular formula is C15H23N3O3. The van der Waals surface area contributed by atoms with Crippen LogP contribution in [0.3, 0.4) is 0 Å². The Morgan fingerprint density at radius 3 is 2.57 bits per heavy atom. The Morgan fingerprint density at radius 1 is 1.10 bits per heavy atom. The maximum Gasteiger partial charge on any atom is 0.242 e. The predicted molar refractivity (Wildman–Crippen MR) is 76.2 cm³/mol. The molecule has 116 valence electrons. The zero-order chi connectivity index (χ0) is 15.0. The molecular weight excluding hydrogens is 270 g/mol. The average molecular weight is 293 g/mol. The molecule has 21 heavy (non-hydrogen) atoms. The fourth-order valence-corrected chi connectivity index (χ4v) is 3.29. The minimum absolute atomic E-state index is 0.0330. The quantitative estimate of drug-likeness (QED) is 0.778. The topological polar surface area (TPSA) is 69.7 Å². The lowest BCUT2D eigenvalue weighted by Crippen LogP contribution is -2.58. The lowest BCUT2D eigenvalue weighted by atomic mass is 9.95. The van der Waals surface area contributed by atoms with Gasteiger partial charge in [-0.3, -0.25) is 14.4 Å². The van der Waals surface area contributed by atoms with Crippen molar-refractivity contribution >= 4 is 17.7 Å². The molecule has 3 rings (SSSR count). The first-order chi connectivity index (χ1) is 10.1. The fourth-order valence-electron chi connectivity index (χ4n) is 3.29. The minimum Gasteiger partial charge on any atom is -0.353 e. The molecule has 0 radical (unpaired) electrons. The van der Waals surface area contributed by atoms with E-state index < -0.39 is 6.04 Å². The van der Waals surface area contributed by atoms with Gasteiger partial charge in [0.05, 0.1) is 5.92 Å². The van der Waals surface area contributed by atoms with Gasteiger partial charge >= 0.3 is 0 Å². The van der Waals surface area contributed by atoms with E-state index in [1.165, 1.54) is 0 Å². The summed E-state index contributed by atoms with van der Waals surface area (Å²) in [5, 5.41) is 2.77. The van der Waals surface area contributed by atoms with E-state index in [-0.39, 0.29) is 29.6 Å². The van der Waals surface area contributed by atoms with Crippen LogP contribution in [0.15, 0.2) is 0 Å². The third-order valence-corrected chi connectivity index (χ3v) is 4.79. The van der Waals surface area contributed by atoms with Gasteiger partial charge in [-0.1, -0.05) is 0 Å². The minimum atomic E-state index is -0.402. The molecule has 0 spiro atoms. The first-order valence-corrected chi connectivity index (χ1v) is 7.95. The summed E-state index contributed by atoms with van der Waals surface area (Å²) in [5.74, 6) is 0.229. The molecule has 1 N–H and O–H groups in total. The second-order valence-electron chi connectivity index (χ2n) is 6.40. The summed E-state index contributed by atoms with van der Waals surface area (Å²) in [7, 11) is 0. The van der Waals surface area contributed by atoms with Crippen molar-refractivity contribution in [1.29, 1.82) is 0 Å². The zero-order valence-corrected chi connectivity index (χ0v) is 12.5. The van der Waals surface area contributed by atoms with Crippen LogP contribution >= 0.6 is 0 Å². The maximum absolute atomic E-state index is 12.7. The molecule has 0 aromatic carbocycles. The SMILES string of the molecule is CC1C(=O)NCCN1C(=O)C1CCCN(C(=O)C2CC2)C1. The largest absolute Gasteiger partial charge is 0.353 e. The molecule has 2 atom stereocenters. The molecule has 3 amide bonds. The third kappa shape index (κ3) is 2.89. The monoisotopic (exact) mass is 293 g/mol. The highest BCUT2D eigenvalue weighted by Crippen LogP contribution is 2.32. The van der Waals surface area contributed by atoms with Crippen LogP contribution in [0, 0.1) is 11.8 Å². The molecule has 2 heterocycles. The Hall–Kier alpha value is -1.59. The average Bonchev–Trinajstić information content (AvgIpc) is 3.33. The summed E-state index contributed by atoms with van der Waals surface area (Å²) < 4.78 is 0. The molecule has 6 nitrogen and oxygen atoms in total. The van der Waals surface area contributed by atoms with Gasteiger partial charge in [0.1, 0.15) is 6.04 Å². The number of hydrogen-bond donors (Lipinski definition) is 1. The maximum atomic E-state index is 12.7. The van der Waals surface area contributed by atoms with Crippen LogP contribution in [0.5, 0.6) is 0 Å². The highest BCUT2D eigenvalue weighted by Gasteiger charge is 2.39. The number of carbonyl (C=O) groups excluding carboxylic acids is 3. The molecule has 3 aliphatic rings. The second-order valence-corrected chi connectivity index (χ2v) is 6.40. The molecule has 2 unspecified atom stereocenters. The van der Waals surface area contributed by atoms with Crippen LogP contribution in [-0.2, 0) is 14.4 Å². The number of piperidine rings is 1. The molecule has 1 saturated carbocycles. The van der Waals surface area contributed by atoms with E-state index in [1.807, 2.05) is 4.90 Å². The van der Waals surface area contributed by atoms with Crippen LogP contribution in [0.25, 0.3) is 0 Å². The lowest BCUT2D eigenvalue weighted by Gasteiger charge is -2.38. The first kappa shape index (κ1) is 14.4. The fraction of sp³-hybridized carbons (Fsp3) is 0.800. The van der Waals surface area contributed by atoms with Crippen LogP contribution < -0.4 is 5.32 Å². The summed E-state index contributed by atoms with van der Waals surface area (Å²) in [6.45, 7) is 4.15. The molecule has 6 heteroatoms. The smallest absolute Gasteiger partial charge is 0.242 e. The van der Waals surface area contributed by atoms with E-state index in [4.69, 9.17) is 0 Å². The van der Waals surface area contributed by atoms with E-state index in [0.29, 0.717) is 19.6 Å². The number of carbonyl (C=O) groups is 3. The summed E-state index contributed by atoms with van der Waals surface area (Å²) in [6.07, 6.45) is 3.69. The van der Waals surface area contributed by atoms with Crippen LogP contribution in [0.4, 0.5) is 0 Å². The molecule has 2 saturated heterocycles. The first-order valence-electron chi connectivity index (χ1n) is 7.95. The Bertz CT molecular complexity index is 461. The van der Waals surface area contributed by atoms with Crippen LogP contribution in [0.2, 0.25) is 0 Å². The van der Waals surface area contributed by atoms with E-state index in [0.717, 1.165) is 32.2 Å². The van der Waals surface area contributed by atoms with Crippen molar-refractivity contribution < 1.29 is 14.4 Å². The van der Waals surface area contributed by atoms with Gasteiger partial charge in [0, 0.05) is 32.1 Å². The van der Waals surface area contributed by atoms with Gasteiger partial charge in [-0.25, -0.2) is 0 Å². The van der Waals surface area contributed by atoms with Gasteiger partial charge in [0.15, 0.2) is 0 Å². The van der Waals surface area contributed by atoms with Crippen molar-refractivity contribution in [2.24, 2.45) is 11.8 Å². The number of amides is 3. The Kier molecular flexibility index (Phi) is 3.87. The number of likely N-dealkylation sites (tertiary alicyclic amines) is 1. The highest BCUT2D eigenvalue weighted by molar-refractivity contribution is 5.90. The molecule has 1 aliphatic carbocycles. The molecule has 0 bridgehead atoms. The van der Waals surface area contributed by atoms with Gasteiger partial charge in [-0.05, 0) is 32.6 Å². The zero-order valence-electron chi connectivity index (χ0n) is 12.5. The van der Waals surface area contributed by atoms with Gasteiger partial charge in [-0.2, -0.15) is 0 Å².